The van der Waals surface area contributed by atoms with E-state index in [4.69, 9.17) is 9.47 Å². The van der Waals surface area contributed by atoms with Gasteiger partial charge in [0, 0.05) is 12.6 Å². The van der Waals surface area contributed by atoms with Crippen molar-refractivity contribution in [2.75, 3.05) is 13.7 Å². The Labute approximate surface area is 153 Å². The molecule has 2 aromatic rings. The van der Waals surface area contributed by atoms with Crippen molar-refractivity contribution in [1.29, 1.82) is 0 Å². The third kappa shape index (κ3) is 5.77. The van der Waals surface area contributed by atoms with Crippen molar-refractivity contribution in [3.05, 3.63) is 65.2 Å². The molecule has 0 spiro atoms. The second-order valence-electron chi connectivity index (χ2n) is 5.84. The van der Waals surface area contributed by atoms with Gasteiger partial charge in [-0.05, 0) is 48.7 Å². The first-order valence-electron chi connectivity index (χ1n) is 8.36. The molecule has 2 aromatic carbocycles. The van der Waals surface area contributed by atoms with E-state index in [1.807, 2.05) is 56.3 Å². The van der Waals surface area contributed by atoms with E-state index < -0.39 is 0 Å². The van der Waals surface area contributed by atoms with Gasteiger partial charge in [-0.25, -0.2) is 0 Å². The van der Waals surface area contributed by atoms with Gasteiger partial charge in [-0.1, -0.05) is 30.3 Å². The number of esters is 1. The van der Waals surface area contributed by atoms with Gasteiger partial charge in [-0.3, -0.25) is 9.59 Å². The van der Waals surface area contributed by atoms with Crippen LogP contribution < -0.4 is 14.8 Å². The number of nitrogens with one attached hydrogen (secondary N) is 1. The Morgan fingerprint density at radius 3 is 2.31 bits per heavy atom. The Morgan fingerprint density at radius 1 is 1.04 bits per heavy atom. The quantitative estimate of drug-likeness (QED) is 0.470. The SMILES string of the molecule is COc1ccc(/C=C/C(=O)NCCC(=O)Oc2c(C)cccc2C)cc1. The van der Waals surface area contributed by atoms with Gasteiger partial charge in [0.05, 0.1) is 13.5 Å². The van der Waals surface area contributed by atoms with Crippen molar-refractivity contribution in [2.45, 2.75) is 20.3 Å². The summed E-state index contributed by atoms with van der Waals surface area (Å²) in [6.45, 7) is 4.00. The molecule has 0 radical (unpaired) electrons. The summed E-state index contributed by atoms with van der Waals surface area (Å²) >= 11 is 0. The lowest BCUT2D eigenvalue weighted by Gasteiger charge is -2.10. The molecule has 1 N–H and O–H groups in total. The summed E-state index contributed by atoms with van der Waals surface area (Å²) in [5.41, 5.74) is 2.70. The monoisotopic (exact) mass is 353 g/mol. The molecule has 1 amide bonds. The third-order valence-corrected chi connectivity index (χ3v) is 3.80. The zero-order valence-electron chi connectivity index (χ0n) is 15.2. The summed E-state index contributed by atoms with van der Waals surface area (Å²) in [6.07, 6.45) is 3.23. The normalized spacial score (nSPS) is 10.6. The summed E-state index contributed by atoms with van der Waals surface area (Å²) in [5.74, 6) is 0.708. The maximum absolute atomic E-state index is 11.9. The van der Waals surface area contributed by atoms with Crippen molar-refractivity contribution in [2.24, 2.45) is 0 Å². The van der Waals surface area contributed by atoms with E-state index in [2.05, 4.69) is 5.32 Å². The summed E-state index contributed by atoms with van der Waals surface area (Å²) in [5, 5.41) is 2.67. The molecule has 0 aliphatic heterocycles. The highest BCUT2D eigenvalue weighted by Crippen LogP contribution is 2.22. The predicted octanol–water partition coefficient (Wildman–Crippen LogP) is 3.44. The topological polar surface area (TPSA) is 64.6 Å². The maximum atomic E-state index is 11.9. The van der Waals surface area contributed by atoms with E-state index >= 15 is 0 Å². The fourth-order valence-corrected chi connectivity index (χ4v) is 2.36. The molecule has 136 valence electrons. The zero-order chi connectivity index (χ0) is 18.9. The third-order valence-electron chi connectivity index (χ3n) is 3.80. The minimum Gasteiger partial charge on any atom is -0.497 e. The molecule has 26 heavy (non-hydrogen) atoms. The van der Waals surface area contributed by atoms with Crippen LogP contribution in [0, 0.1) is 13.8 Å². The lowest BCUT2D eigenvalue weighted by Crippen LogP contribution is -2.25. The molecule has 0 aliphatic carbocycles. The van der Waals surface area contributed by atoms with Crippen LogP contribution in [0.15, 0.2) is 48.5 Å². The number of hydrogen-bond acceptors (Lipinski definition) is 4. The number of methoxy groups -OCH3 is 1. The van der Waals surface area contributed by atoms with Crippen LogP contribution in [-0.4, -0.2) is 25.5 Å². The van der Waals surface area contributed by atoms with Gasteiger partial charge in [0.1, 0.15) is 11.5 Å². The van der Waals surface area contributed by atoms with Gasteiger partial charge < -0.3 is 14.8 Å². The number of benzene rings is 2. The lowest BCUT2D eigenvalue weighted by atomic mass is 10.1. The van der Waals surface area contributed by atoms with Crippen LogP contribution in [0.1, 0.15) is 23.1 Å². The van der Waals surface area contributed by atoms with E-state index in [-0.39, 0.29) is 24.8 Å². The van der Waals surface area contributed by atoms with Crippen LogP contribution in [0.2, 0.25) is 0 Å². The van der Waals surface area contributed by atoms with E-state index in [9.17, 15) is 9.59 Å². The Bertz CT molecular complexity index is 774. The average molecular weight is 353 g/mol. The van der Waals surface area contributed by atoms with Gasteiger partial charge in [-0.15, -0.1) is 0 Å². The molecule has 0 aliphatic rings. The van der Waals surface area contributed by atoms with Gasteiger partial charge in [0.2, 0.25) is 5.91 Å². The van der Waals surface area contributed by atoms with E-state index in [1.165, 1.54) is 6.08 Å². The van der Waals surface area contributed by atoms with Crippen LogP contribution in [0.25, 0.3) is 6.08 Å². The molecular weight excluding hydrogens is 330 g/mol. The maximum Gasteiger partial charge on any atom is 0.312 e. The number of carbonyl (C=O) groups is 2. The van der Waals surface area contributed by atoms with Crippen LogP contribution in [0.4, 0.5) is 0 Å². The van der Waals surface area contributed by atoms with E-state index in [0.29, 0.717) is 5.75 Å². The largest absolute Gasteiger partial charge is 0.497 e. The van der Waals surface area contributed by atoms with Gasteiger partial charge in [-0.2, -0.15) is 0 Å². The fourth-order valence-electron chi connectivity index (χ4n) is 2.36. The first kappa shape index (κ1) is 19.2. The Balaban J connectivity index is 1.76. The van der Waals surface area contributed by atoms with Gasteiger partial charge in [0.25, 0.3) is 0 Å². The fraction of sp³-hybridized carbons (Fsp3) is 0.238. The summed E-state index contributed by atoms with van der Waals surface area (Å²) in [6, 6.07) is 13.0. The Hall–Kier alpha value is -3.08. The number of rotatable bonds is 7. The smallest absolute Gasteiger partial charge is 0.312 e. The molecule has 0 unspecified atom stereocenters. The number of carbonyl (C=O) groups excluding carboxylic acids is 2. The highest BCUT2D eigenvalue weighted by atomic mass is 16.5. The van der Waals surface area contributed by atoms with E-state index in [0.717, 1.165) is 22.4 Å². The molecule has 5 heteroatoms. The standard InChI is InChI=1S/C21H23NO4/c1-15-5-4-6-16(2)21(15)26-20(24)13-14-22-19(23)12-9-17-7-10-18(25-3)11-8-17/h4-12H,13-14H2,1-3H3,(H,22,23)/b12-9+. The average Bonchev–Trinajstić information content (AvgIpc) is 2.63. The summed E-state index contributed by atoms with van der Waals surface area (Å²) < 4.78 is 10.5. The first-order chi connectivity index (χ1) is 12.5. The summed E-state index contributed by atoms with van der Waals surface area (Å²) in [7, 11) is 1.60. The molecule has 2 rings (SSSR count). The van der Waals surface area contributed by atoms with Gasteiger partial charge in [0.15, 0.2) is 0 Å². The molecule has 5 nitrogen and oxygen atoms in total. The van der Waals surface area contributed by atoms with Crippen molar-refractivity contribution in [1.82, 2.24) is 5.32 Å². The van der Waals surface area contributed by atoms with Crippen molar-refractivity contribution in [3.8, 4) is 11.5 Å². The molecule has 0 heterocycles. The van der Waals surface area contributed by atoms with Crippen LogP contribution in [0.3, 0.4) is 0 Å². The molecule has 0 saturated heterocycles. The number of aryl methyl sites for hydroxylation is 2. The van der Waals surface area contributed by atoms with Crippen molar-refractivity contribution >= 4 is 18.0 Å². The second kappa shape index (κ2) is 9.42. The Kier molecular flexibility index (Phi) is 6.97. The highest BCUT2D eigenvalue weighted by molar-refractivity contribution is 5.91. The molecule has 0 atom stereocenters. The van der Waals surface area contributed by atoms with Crippen LogP contribution >= 0.6 is 0 Å². The number of hydrogen-bond donors (Lipinski definition) is 1. The molecule has 0 saturated carbocycles. The van der Waals surface area contributed by atoms with Gasteiger partial charge >= 0.3 is 5.97 Å². The Morgan fingerprint density at radius 2 is 1.69 bits per heavy atom. The molecule has 0 fully saturated rings. The molecular formula is C21H23NO4. The van der Waals surface area contributed by atoms with Crippen LogP contribution in [-0.2, 0) is 9.59 Å². The first-order valence-corrected chi connectivity index (χ1v) is 8.36. The van der Waals surface area contributed by atoms with Crippen molar-refractivity contribution in [3.63, 3.8) is 0 Å². The molecule has 0 aromatic heterocycles. The zero-order valence-corrected chi connectivity index (χ0v) is 15.2. The highest BCUT2D eigenvalue weighted by Gasteiger charge is 2.09. The molecule has 0 bridgehead atoms. The minimum atomic E-state index is -0.373. The minimum absolute atomic E-state index is 0.107. The number of amides is 1. The number of para-hydroxylation sites is 1. The van der Waals surface area contributed by atoms with E-state index in [1.54, 1.807) is 13.2 Å². The number of ether oxygens (including phenoxy) is 2. The predicted molar refractivity (Wildman–Crippen MR) is 101 cm³/mol. The van der Waals surface area contributed by atoms with Crippen LogP contribution in [0.5, 0.6) is 11.5 Å². The van der Waals surface area contributed by atoms with Crippen molar-refractivity contribution < 1.29 is 19.1 Å². The second-order valence-corrected chi connectivity index (χ2v) is 5.84. The summed E-state index contributed by atoms with van der Waals surface area (Å²) in [4.78, 5) is 23.7. The lowest BCUT2D eigenvalue weighted by molar-refractivity contribution is -0.134.